The third-order valence-corrected chi connectivity index (χ3v) is 4.49. The van der Waals surface area contributed by atoms with Crippen molar-refractivity contribution in [3.05, 3.63) is 23.9 Å². The zero-order valence-corrected chi connectivity index (χ0v) is 14.5. The molecule has 0 bridgehead atoms. The number of pyridine rings is 1. The zero-order valence-electron chi connectivity index (χ0n) is 14.5. The topological polar surface area (TPSA) is 83.0 Å². The van der Waals surface area contributed by atoms with E-state index in [0.29, 0.717) is 38.5 Å². The van der Waals surface area contributed by atoms with Gasteiger partial charge in [0.25, 0.3) is 0 Å². The number of likely N-dealkylation sites (tertiary alicyclic amines) is 1. The number of amides is 4. The minimum atomic E-state index is -0.747. The molecule has 0 radical (unpaired) electrons. The van der Waals surface area contributed by atoms with Gasteiger partial charge in [0.05, 0.1) is 6.54 Å². The number of urea groups is 1. The third-order valence-electron chi connectivity index (χ3n) is 4.49. The molecule has 0 spiro atoms. The van der Waals surface area contributed by atoms with Crippen LogP contribution in [0.1, 0.15) is 19.0 Å². The monoisotopic (exact) mass is 346 g/mol. The first-order chi connectivity index (χ1) is 12.0. The fourth-order valence-electron chi connectivity index (χ4n) is 3.08. The van der Waals surface area contributed by atoms with Gasteiger partial charge in [-0.15, -0.1) is 0 Å². The van der Waals surface area contributed by atoms with Crippen molar-refractivity contribution in [2.75, 3.05) is 32.7 Å². The van der Waals surface area contributed by atoms with Crippen molar-refractivity contribution >= 4 is 17.8 Å². The van der Waals surface area contributed by atoms with E-state index < -0.39 is 17.8 Å². The summed E-state index contributed by atoms with van der Waals surface area (Å²) in [5, 5.41) is 0. The summed E-state index contributed by atoms with van der Waals surface area (Å²) in [6.07, 6.45) is 0.499. The predicted octanol–water partition coefficient (Wildman–Crippen LogP) is 0.654. The van der Waals surface area contributed by atoms with Crippen molar-refractivity contribution < 1.29 is 19.1 Å². The first-order valence-electron chi connectivity index (χ1n) is 8.49. The number of hydrogen-bond acceptors (Lipinski definition) is 5. The summed E-state index contributed by atoms with van der Waals surface area (Å²) in [6, 6.07) is 5.12. The van der Waals surface area contributed by atoms with E-state index >= 15 is 0 Å². The van der Waals surface area contributed by atoms with Crippen LogP contribution in [0.4, 0.5) is 4.79 Å². The largest absolute Gasteiger partial charge is 0.472 e. The molecule has 8 heteroatoms. The number of likely N-dealkylation sites (N-methyl/N-ethyl adjacent to an activating group) is 1. The summed E-state index contributed by atoms with van der Waals surface area (Å²) in [5.41, 5.74) is 0.862. The van der Waals surface area contributed by atoms with Crippen molar-refractivity contribution in [2.24, 2.45) is 0 Å². The lowest BCUT2D eigenvalue weighted by Gasteiger charge is -2.33. The molecule has 2 saturated heterocycles. The van der Waals surface area contributed by atoms with Gasteiger partial charge in [-0.05, 0) is 19.9 Å². The van der Waals surface area contributed by atoms with Crippen molar-refractivity contribution in [2.45, 2.75) is 26.4 Å². The fraction of sp³-hybridized carbons (Fsp3) is 0.529. The van der Waals surface area contributed by atoms with Crippen LogP contribution in [0, 0.1) is 6.92 Å². The molecule has 1 aromatic heterocycles. The molecule has 0 unspecified atom stereocenters. The summed E-state index contributed by atoms with van der Waals surface area (Å²) in [4.78, 5) is 45.0. The molecule has 2 aliphatic rings. The van der Waals surface area contributed by atoms with Crippen LogP contribution >= 0.6 is 0 Å². The number of piperazine rings is 1. The van der Waals surface area contributed by atoms with E-state index in [1.54, 1.807) is 11.0 Å². The molecule has 2 aliphatic heterocycles. The lowest BCUT2D eigenvalue weighted by atomic mass is 10.3. The van der Waals surface area contributed by atoms with E-state index in [9.17, 15) is 14.4 Å². The Hall–Kier alpha value is -2.64. The highest BCUT2D eigenvalue weighted by molar-refractivity contribution is 6.38. The third kappa shape index (κ3) is 3.57. The Balaban J connectivity index is 1.59. The van der Waals surface area contributed by atoms with Gasteiger partial charge in [0, 0.05) is 44.4 Å². The maximum atomic E-state index is 12.6. The lowest BCUT2D eigenvalue weighted by Crippen LogP contribution is -2.58. The summed E-state index contributed by atoms with van der Waals surface area (Å²) >= 11 is 0. The lowest BCUT2D eigenvalue weighted by molar-refractivity contribution is -0.153. The van der Waals surface area contributed by atoms with E-state index in [1.165, 1.54) is 4.90 Å². The average Bonchev–Trinajstić information content (AvgIpc) is 3.05. The minimum absolute atomic E-state index is 0.166. The molecule has 4 amide bonds. The molecular weight excluding hydrogens is 324 g/mol. The maximum Gasteiger partial charge on any atom is 0.327 e. The summed E-state index contributed by atoms with van der Waals surface area (Å²) < 4.78 is 5.82. The standard InChI is InChI=1S/C17H22N4O4/c1-3-19-9-10-21(16(23)15(19)22)17(24)20-8-7-13(11-20)25-14-6-4-5-12(2)18-14/h4-6,13H,3,7-11H2,1-2H3/t13-/m0/s1. The van der Waals surface area contributed by atoms with Gasteiger partial charge in [-0.25, -0.2) is 9.78 Å². The molecule has 1 atom stereocenters. The number of imide groups is 1. The molecule has 0 aromatic carbocycles. The Labute approximate surface area is 146 Å². The normalized spacial score (nSPS) is 21.0. The fourth-order valence-corrected chi connectivity index (χ4v) is 3.08. The first kappa shape index (κ1) is 17.2. The predicted molar refractivity (Wildman–Crippen MR) is 88.9 cm³/mol. The Morgan fingerprint density at radius 3 is 2.76 bits per heavy atom. The van der Waals surface area contributed by atoms with Crippen LogP contribution in [-0.4, -0.2) is 76.4 Å². The van der Waals surface area contributed by atoms with Crippen molar-refractivity contribution in [3.8, 4) is 5.88 Å². The molecule has 8 nitrogen and oxygen atoms in total. The Kier molecular flexibility index (Phi) is 4.87. The first-order valence-corrected chi connectivity index (χ1v) is 8.49. The molecule has 1 aromatic rings. The quantitative estimate of drug-likeness (QED) is 0.751. The van der Waals surface area contributed by atoms with Crippen LogP contribution in [-0.2, 0) is 9.59 Å². The van der Waals surface area contributed by atoms with Crippen LogP contribution in [0.5, 0.6) is 5.88 Å². The molecule has 2 fully saturated rings. The van der Waals surface area contributed by atoms with Gasteiger partial charge in [0.15, 0.2) is 0 Å². The SMILES string of the molecule is CCN1CCN(C(=O)N2CC[C@H](Oc3cccc(C)n3)C2)C(=O)C1=O. The highest BCUT2D eigenvalue weighted by Gasteiger charge is 2.39. The number of ether oxygens (including phenoxy) is 1. The van der Waals surface area contributed by atoms with Gasteiger partial charge in [-0.1, -0.05) is 6.07 Å². The highest BCUT2D eigenvalue weighted by atomic mass is 16.5. The summed E-state index contributed by atoms with van der Waals surface area (Å²) in [6.45, 7) is 5.65. The molecule has 0 saturated carbocycles. The molecule has 0 N–H and O–H groups in total. The molecule has 3 heterocycles. The maximum absolute atomic E-state index is 12.6. The van der Waals surface area contributed by atoms with E-state index in [2.05, 4.69) is 4.98 Å². The second kappa shape index (κ2) is 7.08. The molecular formula is C17H22N4O4. The van der Waals surface area contributed by atoms with Gasteiger partial charge in [0.1, 0.15) is 6.10 Å². The Morgan fingerprint density at radius 2 is 2.04 bits per heavy atom. The van der Waals surface area contributed by atoms with Gasteiger partial charge >= 0.3 is 17.8 Å². The van der Waals surface area contributed by atoms with Crippen LogP contribution in [0.3, 0.4) is 0 Å². The second-order valence-electron chi connectivity index (χ2n) is 6.22. The highest BCUT2D eigenvalue weighted by Crippen LogP contribution is 2.19. The van der Waals surface area contributed by atoms with E-state index in [0.717, 1.165) is 10.6 Å². The molecule has 3 rings (SSSR count). The molecule has 0 aliphatic carbocycles. The minimum Gasteiger partial charge on any atom is -0.472 e. The van der Waals surface area contributed by atoms with E-state index in [1.807, 2.05) is 26.0 Å². The van der Waals surface area contributed by atoms with Crippen LogP contribution in [0.15, 0.2) is 18.2 Å². The second-order valence-corrected chi connectivity index (χ2v) is 6.22. The van der Waals surface area contributed by atoms with Crippen LogP contribution in [0.25, 0.3) is 0 Å². The summed E-state index contributed by atoms with van der Waals surface area (Å²) in [5.74, 6) is -0.831. The van der Waals surface area contributed by atoms with Crippen molar-refractivity contribution in [1.29, 1.82) is 0 Å². The van der Waals surface area contributed by atoms with Crippen molar-refractivity contribution in [1.82, 2.24) is 19.7 Å². The Morgan fingerprint density at radius 1 is 1.24 bits per heavy atom. The number of hydrogen-bond donors (Lipinski definition) is 0. The van der Waals surface area contributed by atoms with Gasteiger partial charge in [-0.3, -0.25) is 14.5 Å². The van der Waals surface area contributed by atoms with E-state index in [4.69, 9.17) is 4.74 Å². The van der Waals surface area contributed by atoms with Gasteiger partial charge in [-0.2, -0.15) is 0 Å². The van der Waals surface area contributed by atoms with Gasteiger partial charge < -0.3 is 14.5 Å². The van der Waals surface area contributed by atoms with Crippen LogP contribution in [0.2, 0.25) is 0 Å². The number of rotatable bonds is 3. The Bertz CT molecular complexity index is 693. The number of carbonyl (C=O) groups excluding carboxylic acids is 3. The number of aromatic nitrogens is 1. The smallest absolute Gasteiger partial charge is 0.327 e. The zero-order chi connectivity index (χ0) is 18.0. The van der Waals surface area contributed by atoms with Gasteiger partial charge in [0.2, 0.25) is 5.88 Å². The van der Waals surface area contributed by atoms with Crippen LogP contribution < -0.4 is 4.74 Å². The number of carbonyl (C=O) groups is 3. The van der Waals surface area contributed by atoms with E-state index in [-0.39, 0.29) is 12.6 Å². The summed E-state index contributed by atoms with van der Waals surface area (Å²) in [7, 11) is 0. The molecule has 25 heavy (non-hydrogen) atoms. The number of aryl methyl sites for hydroxylation is 1. The molecule has 134 valence electrons. The number of nitrogens with zero attached hydrogens (tertiary/aromatic N) is 4. The van der Waals surface area contributed by atoms with Crippen molar-refractivity contribution in [3.63, 3.8) is 0 Å². The average molecular weight is 346 g/mol.